The van der Waals surface area contributed by atoms with Crippen LogP contribution in [0.1, 0.15) is 86.5 Å². The minimum atomic E-state index is -1.86. The van der Waals surface area contributed by atoms with Gasteiger partial charge in [-0.15, -0.1) is 0 Å². The van der Waals surface area contributed by atoms with Gasteiger partial charge in [-0.3, -0.25) is 0 Å². The normalized spacial score (nSPS) is 56.4. The minimum absolute atomic E-state index is 0.0338. The molecular formula is C46H72O20. The number of carbonyl (C=O) groups excluding carboxylic acids is 1. The van der Waals surface area contributed by atoms with E-state index in [1.54, 1.807) is 0 Å². The van der Waals surface area contributed by atoms with Crippen LogP contribution < -0.4 is 0 Å². The fraction of sp³-hybridized carbons (Fsp3) is 0.935. The summed E-state index contributed by atoms with van der Waals surface area (Å²) in [6.45, 7) is 10.6. The summed E-state index contributed by atoms with van der Waals surface area (Å²) in [6, 6.07) is 0. The summed E-state index contributed by atoms with van der Waals surface area (Å²) >= 11 is 0. The van der Waals surface area contributed by atoms with Crippen LogP contribution in [-0.4, -0.2) is 204 Å². The summed E-state index contributed by atoms with van der Waals surface area (Å²) < 4.78 is 47.3. The second-order valence-electron chi connectivity index (χ2n) is 21.7. The fourth-order valence-corrected chi connectivity index (χ4v) is 14.2. The van der Waals surface area contributed by atoms with E-state index in [9.17, 15) is 61.0 Å². The Balaban J connectivity index is 0.827. The van der Waals surface area contributed by atoms with Gasteiger partial charge >= 0.3 is 5.97 Å². The van der Waals surface area contributed by atoms with Crippen molar-refractivity contribution in [2.45, 2.75) is 215 Å². The molecule has 28 atom stereocenters. The Morgan fingerprint density at radius 2 is 1.39 bits per heavy atom. The standard InChI is InChI=1S/C46H72O20/c1-16-11-24(62-40(57)17(16)2)18(3)21-7-8-22-28-23(9-10-44(21,22)5)45(6)27(48)12-20(13-46(45,58)39-38(28)65-39)61-42-36(56)33(53)37(19(4)60-42)66-43-35(55)32(52)30(50)26(64-43)15-59-41-34(54)31(51)29(49)25(14-47)63-41/h18-39,41-43,47-56,58H,7-15H2,1-6H3. The highest BCUT2D eigenvalue weighted by Gasteiger charge is 2.78. The van der Waals surface area contributed by atoms with Crippen LogP contribution >= 0.6 is 0 Å². The van der Waals surface area contributed by atoms with Gasteiger partial charge in [0.1, 0.15) is 85.0 Å². The molecule has 20 heteroatoms. The van der Waals surface area contributed by atoms with E-state index in [1.165, 1.54) is 6.92 Å². The lowest BCUT2D eigenvalue weighted by Gasteiger charge is -2.64. The molecule has 5 heterocycles. The molecule has 0 aromatic rings. The number of carbonyl (C=O) groups is 1. The van der Waals surface area contributed by atoms with E-state index in [0.29, 0.717) is 17.4 Å². The largest absolute Gasteiger partial charge is 0.458 e. The number of aliphatic hydroxyl groups is 11. The Labute approximate surface area is 383 Å². The van der Waals surface area contributed by atoms with Gasteiger partial charge in [0.25, 0.3) is 0 Å². The number of hydrogen-bond acceptors (Lipinski definition) is 20. The summed E-state index contributed by atoms with van der Waals surface area (Å²) in [6.07, 6.45) is -22.0. The maximum absolute atomic E-state index is 12.8. The van der Waals surface area contributed by atoms with Crippen molar-refractivity contribution in [2.75, 3.05) is 13.2 Å². The van der Waals surface area contributed by atoms with Gasteiger partial charge in [-0.05, 0) is 81.5 Å². The van der Waals surface area contributed by atoms with Crippen molar-refractivity contribution in [2.24, 2.45) is 40.4 Å². The lowest BCUT2D eigenvalue weighted by Crippen LogP contribution is -2.71. The monoisotopic (exact) mass is 944 g/mol. The summed E-state index contributed by atoms with van der Waals surface area (Å²) in [5, 5.41) is 120. The number of rotatable bonds is 10. The van der Waals surface area contributed by atoms with Gasteiger partial charge < -0.3 is 94.1 Å². The van der Waals surface area contributed by atoms with E-state index >= 15 is 0 Å². The highest BCUT2D eigenvalue weighted by molar-refractivity contribution is 5.89. The Hall–Kier alpha value is -1.51. The van der Waals surface area contributed by atoms with Crippen LogP contribution in [0.5, 0.6) is 0 Å². The molecule has 0 aromatic heterocycles. The highest BCUT2D eigenvalue weighted by atomic mass is 16.8. The third-order valence-corrected chi connectivity index (χ3v) is 18.5. The number of esters is 1. The van der Waals surface area contributed by atoms with Crippen molar-refractivity contribution in [1.82, 2.24) is 0 Å². The van der Waals surface area contributed by atoms with Crippen molar-refractivity contribution in [3.05, 3.63) is 11.1 Å². The maximum Gasteiger partial charge on any atom is 0.333 e. The molecule has 0 amide bonds. The second-order valence-corrected chi connectivity index (χ2v) is 21.7. The summed E-state index contributed by atoms with van der Waals surface area (Å²) in [4.78, 5) is 12.7. The first-order chi connectivity index (χ1) is 31.1. The molecule has 0 spiro atoms. The van der Waals surface area contributed by atoms with E-state index in [-0.39, 0.29) is 54.2 Å². The second kappa shape index (κ2) is 18.0. The van der Waals surface area contributed by atoms with E-state index in [4.69, 9.17) is 37.9 Å². The van der Waals surface area contributed by atoms with E-state index < -0.39 is 135 Å². The lowest BCUT2D eigenvalue weighted by atomic mass is 9.42. The first-order valence-corrected chi connectivity index (χ1v) is 23.9. The smallest absolute Gasteiger partial charge is 0.333 e. The molecule has 9 aliphatic rings. The zero-order valence-electron chi connectivity index (χ0n) is 38.4. The van der Waals surface area contributed by atoms with Crippen LogP contribution in [0.4, 0.5) is 0 Å². The highest BCUT2D eigenvalue weighted by Crippen LogP contribution is 2.73. The van der Waals surface area contributed by atoms with Crippen molar-refractivity contribution in [3.8, 4) is 0 Å². The molecule has 5 aliphatic heterocycles. The van der Waals surface area contributed by atoms with Gasteiger partial charge in [-0.25, -0.2) is 4.79 Å². The average Bonchev–Trinajstić information content (AvgIpc) is 4.02. The van der Waals surface area contributed by atoms with Crippen LogP contribution in [0.25, 0.3) is 0 Å². The molecule has 11 N–H and O–H groups in total. The Morgan fingerprint density at radius 1 is 0.758 bits per heavy atom. The summed E-state index contributed by atoms with van der Waals surface area (Å²) in [7, 11) is 0. The maximum atomic E-state index is 12.8. The first kappa shape index (κ1) is 49.5. The Kier molecular flexibility index (Phi) is 13.5. The van der Waals surface area contributed by atoms with Gasteiger partial charge in [-0.1, -0.05) is 26.3 Å². The third-order valence-electron chi connectivity index (χ3n) is 18.5. The molecule has 9 rings (SSSR count). The van der Waals surface area contributed by atoms with E-state index in [0.717, 1.165) is 37.7 Å². The van der Waals surface area contributed by atoms with Crippen LogP contribution in [0.15, 0.2) is 11.1 Å². The zero-order chi connectivity index (χ0) is 47.7. The zero-order valence-corrected chi connectivity index (χ0v) is 38.4. The van der Waals surface area contributed by atoms with Crippen LogP contribution in [0.3, 0.4) is 0 Å². The number of cyclic esters (lactones) is 1. The SMILES string of the molecule is CC1=C(C)C(=O)OC(C(C)C2CCC3C4C5OC5C5(O)CC(OC6OC(C)C(OC7OC(COC8OC(CO)C(O)C(O)C8O)C(O)C(O)C7O)C(O)C6O)CC(O)C5(C)C4CCC23C)C1. The van der Waals surface area contributed by atoms with Crippen LogP contribution in [0, 0.1) is 40.4 Å². The third kappa shape index (κ3) is 7.76. The van der Waals surface area contributed by atoms with Crippen molar-refractivity contribution < 1.29 is 98.9 Å². The molecular weight excluding hydrogens is 872 g/mol. The average molecular weight is 945 g/mol. The molecule has 376 valence electrons. The summed E-state index contributed by atoms with van der Waals surface area (Å²) in [5.74, 6) is 0.647. The van der Waals surface area contributed by atoms with E-state index in [1.807, 2.05) is 20.8 Å². The molecule has 28 unspecified atom stereocenters. The topological polar surface area (TPSA) is 317 Å². The number of epoxide rings is 1. The molecule has 4 aliphatic carbocycles. The van der Waals surface area contributed by atoms with Crippen molar-refractivity contribution >= 4 is 5.97 Å². The molecule has 8 fully saturated rings. The predicted molar refractivity (Wildman–Crippen MR) is 222 cm³/mol. The van der Waals surface area contributed by atoms with Gasteiger partial charge in [0, 0.05) is 30.3 Å². The van der Waals surface area contributed by atoms with E-state index in [2.05, 4.69) is 13.8 Å². The fourth-order valence-electron chi connectivity index (χ4n) is 14.2. The molecule has 4 saturated carbocycles. The number of fused-ring (bicyclic) bond motifs is 8. The number of hydrogen-bond donors (Lipinski definition) is 11. The van der Waals surface area contributed by atoms with Gasteiger partial charge in [0.2, 0.25) is 0 Å². The van der Waals surface area contributed by atoms with Crippen LogP contribution in [0.2, 0.25) is 0 Å². The Bertz CT molecular complexity index is 1820. The quantitative estimate of drug-likeness (QED) is 0.0633. The lowest BCUT2D eigenvalue weighted by molar-refractivity contribution is -0.368. The molecule has 20 nitrogen and oxygen atoms in total. The molecule has 0 radical (unpaired) electrons. The molecule has 0 bridgehead atoms. The van der Waals surface area contributed by atoms with Crippen molar-refractivity contribution in [3.63, 3.8) is 0 Å². The first-order valence-electron chi connectivity index (χ1n) is 23.9. The predicted octanol–water partition coefficient (Wildman–Crippen LogP) is -2.13. The Morgan fingerprint density at radius 3 is 2.08 bits per heavy atom. The van der Waals surface area contributed by atoms with Gasteiger partial charge in [-0.2, -0.15) is 0 Å². The molecule has 4 saturated heterocycles. The molecule has 0 aromatic carbocycles. The minimum Gasteiger partial charge on any atom is -0.458 e. The number of ether oxygens (including phenoxy) is 8. The van der Waals surface area contributed by atoms with Crippen LogP contribution in [-0.2, 0) is 42.7 Å². The summed E-state index contributed by atoms with van der Waals surface area (Å²) in [5.41, 5.74) is -0.675. The molecule has 66 heavy (non-hydrogen) atoms. The number of aliphatic hydroxyl groups excluding tert-OH is 10. The van der Waals surface area contributed by atoms with Gasteiger partial charge in [0.05, 0.1) is 37.6 Å². The van der Waals surface area contributed by atoms with Gasteiger partial charge in [0.15, 0.2) is 18.9 Å². The van der Waals surface area contributed by atoms with Crippen molar-refractivity contribution in [1.29, 1.82) is 0 Å².